The molecule has 1 heterocycles. The van der Waals surface area contributed by atoms with Crippen molar-refractivity contribution in [3.8, 4) is 0 Å². The minimum atomic E-state index is -4.51. The van der Waals surface area contributed by atoms with Crippen LogP contribution in [0.25, 0.3) is 0 Å². The fraction of sp³-hybridized carbons (Fsp3) is 0.278. The Morgan fingerprint density at radius 3 is 2.45 bits per heavy atom. The number of nitrogens with zero attached hydrogens (tertiary/aromatic N) is 2. The molecule has 154 valence electrons. The average Bonchev–Trinajstić information content (AvgIpc) is 2.64. The Labute approximate surface area is 163 Å². The SMILES string of the molecule is CS(=O)(=O)c1ccc(C(=O)N2CCCc3cc(C(F)(F)F)ccc32)cc1[N+](=O)[O-]. The van der Waals surface area contributed by atoms with Gasteiger partial charge in [0.15, 0.2) is 9.84 Å². The molecule has 0 atom stereocenters. The summed E-state index contributed by atoms with van der Waals surface area (Å²) in [6, 6.07) is 6.08. The molecular formula is C18H15F3N2O5S. The number of halogens is 3. The van der Waals surface area contributed by atoms with Gasteiger partial charge in [0.25, 0.3) is 11.6 Å². The highest BCUT2D eigenvalue weighted by Gasteiger charge is 2.33. The fourth-order valence-electron chi connectivity index (χ4n) is 3.25. The predicted molar refractivity (Wildman–Crippen MR) is 97.6 cm³/mol. The topological polar surface area (TPSA) is 97.6 Å². The lowest BCUT2D eigenvalue weighted by atomic mass is 9.98. The van der Waals surface area contributed by atoms with Crippen molar-refractivity contribution in [2.75, 3.05) is 17.7 Å². The molecule has 0 N–H and O–H groups in total. The van der Waals surface area contributed by atoms with E-state index in [9.17, 15) is 36.5 Å². The summed E-state index contributed by atoms with van der Waals surface area (Å²) in [7, 11) is -3.89. The maximum Gasteiger partial charge on any atom is 0.416 e. The van der Waals surface area contributed by atoms with Crippen LogP contribution in [-0.2, 0) is 22.4 Å². The van der Waals surface area contributed by atoms with Crippen LogP contribution < -0.4 is 4.90 Å². The van der Waals surface area contributed by atoms with Crippen LogP contribution in [0.4, 0.5) is 24.5 Å². The Kier molecular flexibility index (Phi) is 5.11. The largest absolute Gasteiger partial charge is 0.416 e. The Bertz CT molecular complexity index is 1110. The highest BCUT2D eigenvalue weighted by Crippen LogP contribution is 2.36. The van der Waals surface area contributed by atoms with Crippen LogP contribution >= 0.6 is 0 Å². The Morgan fingerprint density at radius 1 is 1.17 bits per heavy atom. The first kappa shape index (κ1) is 20.8. The number of anilines is 1. The summed E-state index contributed by atoms with van der Waals surface area (Å²) in [5.41, 5.74) is -1.04. The van der Waals surface area contributed by atoms with Gasteiger partial charge in [-0.2, -0.15) is 13.2 Å². The highest BCUT2D eigenvalue weighted by molar-refractivity contribution is 7.90. The van der Waals surface area contributed by atoms with E-state index in [0.29, 0.717) is 24.1 Å². The summed E-state index contributed by atoms with van der Waals surface area (Å²) >= 11 is 0. The number of nitro groups is 1. The van der Waals surface area contributed by atoms with E-state index in [1.165, 1.54) is 11.0 Å². The number of benzene rings is 2. The zero-order valence-corrected chi connectivity index (χ0v) is 15.9. The van der Waals surface area contributed by atoms with E-state index in [1.807, 2.05) is 0 Å². The molecule has 7 nitrogen and oxygen atoms in total. The van der Waals surface area contributed by atoms with Crippen LogP contribution in [-0.4, -0.2) is 32.0 Å². The van der Waals surface area contributed by atoms with Gasteiger partial charge in [-0.25, -0.2) is 8.42 Å². The minimum absolute atomic E-state index is 0.128. The van der Waals surface area contributed by atoms with E-state index in [4.69, 9.17) is 0 Å². The van der Waals surface area contributed by atoms with E-state index in [-0.39, 0.29) is 12.1 Å². The number of carbonyl (C=O) groups is 1. The fourth-order valence-corrected chi connectivity index (χ4v) is 4.08. The average molecular weight is 428 g/mol. The number of rotatable bonds is 3. The van der Waals surface area contributed by atoms with Crippen LogP contribution in [0.5, 0.6) is 0 Å². The molecular weight excluding hydrogens is 413 g/mol. The summed E-state index contributed by atoms with van der Waals surface area (Å²) in [5, 5.41) is 11.3. The van der Waals surface area contributed by atoms with Crippen molar-refractivity contribution >= 4 is 27.1 Å². The third-order valence-electron chi connectivity index (χ3n) is 4.57. The van der Waals surface area contributed by atoms with Crippen molar-refractivity contribution in [2.24, 2.45) is 0 Å². The van der Waals surface area contributed by atoms with E-state index < -0.39 is 43.0 Å². The molecule has 0 fully saturated rings. The molecule has 0 spiro atoms. The first-order valence-corrected chi connectivity index (χ1v) is 10.3. The molecule has 0 aromatic heterocycles. The second-order valence-electron chi connectivity index (χ2n) is 6.61. The first-order valence-electron chi connectivity index (χ1n) is 8.40. The van der Waals surface area contributed by atoms with E-state index in [2.05, 4.69) is 0 Å². The summed E-state index contributed by atoms with van der Waals surface area (Å²) in [4.78, 5) is 24.0. The van der Waals surface area contributed by atoms with Crippen LogP contribution in [0, 0.1) is 10.1 Å². The van der Waals surface area contributed by atoms with Gasteiger partial charge in [-0.1, -0.05) is 0 Å². The number of aryl methyl sites for hydroxylation is 1. The minimum Gasteiger partial charge on any atom is -0.308 e. The third kappa shape index (κ3) is 4.09. The van der Waals surface area contributed by atoms with Gasteiger partial charge in [0.1, 0.15) is 4.90 Å². The molecule has 1 amide bonds. The Hall–Kier alpha value is -2.95. The molecule has 2 aromatic rings. The third-order valence-corrected chi connectivity index (χ3v) is 5.72. The molecule has 0 aliphatic carbocycles. The van der Waals surface area contributed by atoms with Crippen LogP contribution in [0.15, 0.2) is 41.3 Å². The molecule has 0 radical (unpaired) electrons. The second kappa shape index (κ2) is 7.14. The predicted octanol–water partition coefficient (Wildman–Crippen LogP) is 3.61. The lowest BCUT2D eigenvalue weighted by molar-refractivity contribution is -0.387. The van der Waals surface area contributed by atoms with E-state index in [1.54, 1.807) is 0 Å². The van der Waals surface area contributed by atoms with Crippen molar-refractivity contribution < 1.29 is 31.3 Å². The van der Waals surface area contributed by atoms with Crippen LogP contribution in [0.2, 0.25) is 0 Å². The first-order chi connectivity index (χ1) is 13.4. The van der Waals surface area contributed by atoms with Crippen LogP contribution in [0.1, 0.15) is 27.9 Å². The van der Waals surface area contributed by atoms with Gasteiger partial charge < -0.3 is 4.90 Å². The zero-order chi connectivity index (χ0) is 21.6. The van der Waals surface area contributed by atoms with Gasteiger partial charge in [-0.3, -0.25) is 14.9 Å². The summed E-state index contributed by atoms with van der Waals surface area (Å²) in [6.45, 7) is 0.221. The number of fused-ring (bicyclic) bond motifs is 1. The molecule has 0 saturated heterocycles. The molecule has 1 aliphatic rings. The number of nitro benzene ring substituents is 1. The number of hydrogen-bond donors (Lipinski definition) is 0. The number of hydrogen-bond acceptors (Lipinski definition) is 5. The van der Waals surface area contributed by atoms with Gasteiger partial charge in [-0.05, 0) is 48.7 Å². The number of carbonyl (C=O) groups excluding carboxylic acids is 1. The standard InChI is InChI=1S/C18H15F3N2O5S/c1-29(27,28)16-7-4-12(10-15(16)23(25)26)17(24)22-8-2-3-11-9-13(18(19,20)21)5-6-14(11)22/h4-7,9-10H,2-3,8H2,1H3. The molecule has 3 rings (SSSR count). The maximum atomic E-state index is 12.9. The zero-order valence-electron chi connectivity index (χ0n) is 15.1. The van der Waals surface area contributed by atoms with Gasteiger partial charge >= 0.3 is 6.18 Å². The van der Waals surface area contributed by atoms with E-state index in [0.717, 1.165) is 36.6 Å². The van der Waals surface area contributed by atoms with Crippen LogP contribution in [0.3, 0.4) is 0 Å². The lowest BCUT2D eigenvalue weighted by Crippen LogP contribution is -2.35. The molecule has 0 bridgehead atoms. The number of sulfone groups is 1. The van der Waals surface area contributed by atoms with Crippen molar-refractivity contribution in [3.63, 3.8) is 0 Å². The van der Waals surface area contributed by atoms with Gasteiger partial charge in [0, 0.05) is 30.1 Å². The second-order valence-corrected chi connectivity index (χ2v) is 8.60. The highest BCUT2D eigenvalue weighted by atomic mass is 32.2. The molecule has 0 saturated carbocycles. The number of alkyl halides is 3. The number of amides is 1. The monoisotopic (exact) mass is 428 g/mol. The van der Waals surface area contributed by atoms with E-state index >= 15 is 0 Å². The molecule has 2 aromatic carbocycles. The maximum absolute atomic E-state index is 12.9. The summed E-state index contributed by atoms with van der Waals surface area (Å²) in [5.74, 6) is -0.658. The van der Waals surface area contributed by atoms with Gasteiger partial charge in [-0.15, -0.1) is 0 Å². The smallest absolute Gasteiger partial charge is 0.308 e. The van der Waals surface area contributed by atoms with Crippen molar-refractivity contribution in [1.29, 1.82) is 0 Å². The molecule has 29 heavy (non-hydrogen) atoms. The Morgan fingerprint density at radius 2 is 1.86 bits per heavy atom. The molecule has 1 aliphatic heterocycles. The lowest BCUT2D eigenvalue weighted by Gasteiger charge is -2.30. The van der Waals surface area contributed by atoms with Crippen molar-refractivity contribution in [3.05, 3.63) is 63.2 Å². The Balaban J connectivity index is 2.03. The van der Waals surface area contributed by atoms with Crippen molar-refractivity contribution in [2.45, 2.75) is 23.9 Å². The van der Waals surface area contributed by atoms with Gasteiger partial charge in [0.05, 0.1) is 10.5 Å². The molecule has 11 heteroatoms. The molecule has 0 unspecified atom stereocenters. The van der Waals surface area contributed by atoms with Gasteiger partial charge in [0.2, 0.25) is 0 Å². The quantitative estimate of drug-likeness (QED) is 0.550. The summed E-state index contributed by atoms with van der Waals surface area (Å²) in [6.07, 6.45) is -2.92. The van der Waals surface area contributed by atoms with Crippen molar-refractivity contribution in [1.82, 2.24) is 0 Å². The summed E-state index contributed by atoms with van der Waals surface area (Å²) < 4.78 is 62.3. The normalized spacial score (nSPS) is 14.4.